The Morgan fingerprint density at radius 1 is 1.33 bits per heavy atom. The zero-order valence-corrected chi connectivity index (χ0v) is 14.5. The second kappa shape index (κ2) is 6.88. The molecule has 1 aliphatic rings. The van der Waals surface area contributed by atoms with E-state index < -0.39 is 0 Å². The quantitative estimate of drug-likeness (QED) is 0.771. The maximum absolute atomic E-state index is 5.89. The highest BCUT2D eigenvalue weighted by molar-refractivity contribution is 7.20. The number of aryl methyl sites for hydroxylation is 1. The summed E-state index contributed by atoms with van der Waals surface area (Å²) in [5.41, 5.74) is 2.34. The van der Waals surface area contributed by atoms with E-state index in [1.165, 1.54) is 5.56 Å². The zero-order chi connectivity index (χ0) is 16.4. The van der Waals surface area contributed by atoms with Gasteiger partial charge in [-0.15, -0.1) is 5.10 Å². The first-order chi connectivity index (χ1) is 11.8. The molecule has 1 aromatic carbocycles. The van der Waals surface area contributed by atoms with Crippen molar-refractivity contribution in [2.24, 2.45) is 0 Å². The second-order valence-electron chi connectivity index (χ2n) is 6.11. The van der Waals surface area contributed by atoms with E-state index in [9.17, 15) is 0 Å². The van der Waals surface area contributed by atoms with Gasteiger partial charge in [0.2, 0.25) is 10.1 Å². The maximum atomic E-state index is 5.89. The smallest absolute Gasteiger partial charge is 0.214 e. The molecule has 1 fully saturated rings. The summed E-state index contributed by atoms with van der Waals surface area (Å²) >= 11 is 1.57. The Labute approximate surface area is 145 Å². The van der Waals surface area contributed by atoms with Crippen molar-refractivity contribution in [2.75, 3.05) is 31.6 Å². The molecule has 3 heterocycles. The average molecular weight is 343 g/mol. The highest BCUT2D eigenvalue weighted by atomic mass is 32.1. The maximum Gasteiger partial charge on any atom is 0.214 e. The lowest BCUT2D eigenvalue weighted by Gasteiger charge is -2.33. The third kappa shape index (κ3) is 3.58. The number of anilines is 1. The number of morpholine rings is 1. The van der Waals surface area contributed by atoms with E-state index in [2.05, 4.69) is 50.6 Å². The van der Waals surface area contributed by atoms with Crippen LogP contribution in [0.5, 0.6) is 0 Å². The SMILES string of the molecule is Cc1cn2nc(NCC3CN(Cc4ccccc4)CCO3)sc2n1. The molecule has 0 spiro atoms. The van der Waals surface area contributed by atoms with Crippen LogP contribution < -0.4 is 5.32 Å². The Hall–Kier alpha value is -1.96. The number of imidazole rings is 1. The molecule has 3 aromatic rings. The van der Waals surface area contributed by atoms with Gasteiger partial charge in [-0.1, -0.05) is 41.7 Å². The molecule has 126 valence electrons. The summed E-state index contributed by atoms with van der Waals surface area (Å²) < 4.78 is 7.72. The van der Waals surface area contributed by atoms with Gasteiger partial charge < -0.3 is 10.1 Å². The summed E-state index contributed by atoms with van der Waals surface area (Å²) in [4.78, 5) is 7.80. The first kappa shape index (κ1) is 15.6. The molecule has 1 unspecified atom stereocenters. The van der Waals surface area contributed by atoms with Crippen LogP contribution in [0.15, 0.2) is 36.5 Å². The lowest BCUT2D eigenvalue weighted by Crippen LogP contribution is -2.44. The first-order valence-corrected chi connectivity index (χ1v) is 9.02. The molecule has 0 bridgehead atoms. The molecular formula is C17H21N5OS. The monoisotopic (exact) mass is 343 g/mol. The van der Waals surface area contributed by atoms with E-state index in [0.717, 1.165) is 48.6 Å². The molecule has 6 nitrogen and oxygen atoms in total. The molecule has 1 N–H and O–H groups in total. The molecule has 1 saturated heterocycles. The molecule has 1 aliphatic heterocycles. The molecule has 24 heavy (non-hydrogen) atoms. The average Bonchev–Trinajstić information content (AvgIpc) is 3.11. The van der Waals surface area contributed by atoms with Crippen molar-refractivity contribution in [1.82, 2.24) is 19.5 Å². The summed E-state index contributed by atoms with van der Waals surface area (Å²) in [6.45, 7) is 6.41. The zero-order valence-electron chi connectivity index (χ0n) is 13.7. The number of hydrogen-bond donors (Lipinski definition) is 1. The van der Waals surface area contributed by atoms with Crippen molar-refractivity contribution in [3.63, 3.8) is 0 Å². The second-order valence-corrected chi connectivity index (χ2v) is 7.07. The van der Waals surface area contributed by atoms with E-state index in [1.807, 2.05) is 17.6 Å². The van der Waals surface area contributed by atoms with Gasteiger partial charge in [0.15, 0.2) is 0 Å². The molecule has 4 rings (SSSR count). The molecule has 0 saturated carbocycles. The normalized spacial score (nSPS) is 19.0. The highest BCUT2D eigenvalue weighted by Crippen LogP contribution is 2.19. The van der Waals surface area contributed by atoms with Crippen molar-refractivity contribution in [2.45, 2.75) is 19.6 Å². The molecule has 2 aromatic heterocycles. The van der Waals surface area contributed by atoms with Gasteiger partial charge in [-0.05, 0) is 12.5 Å². The Balaban J connectivity index is 1.32. The number of hydrogen-bond acceptors (Lipinski definition) is 6. The van der Waals surface area contributed by atoms with Crippen molar-refractivity contribution in [3.05, 3.63) is 47.8 Å². The van der Waals surface area contributed by atoms with Gasteiger partial charge in [0.05, 0.1) is 24.6 Å². The minimum Gasteiger partial charge on any atom is -0.374 e. The van der Waals surface area contributed by atoms with Crippen LogP contribution in [0.2, 0.25) is 0 Å². The van der Waals surface area contributed by atoms with E-state index >= 15 is 0 Å². The number of aromatic nitrogens is 3. The summed E-state index contributed by atoms with van der Waals surface area (Å²) in [5.74, 6) is 0. The number of fused-ring (bicyclic) bond motifs is 1. The third-order valence-electron chi connectivity index (χ3n) is 4.12. The molecule has 0 radical (unpaired) electrons. The van der Waals surface area contributed by atoms with Gasteiger partial charge in [-0.25, -0.2) is 9.50 Å². The number of rotatable bonds is 5. The van der Waals surface area contributed by atoms with Crippen LogP contribution >= 0.6 is 11.3 Å². The minimum absolute atomic E-state index is 0.181. The number of nitrogens with zero attached hydrogens (tertiary/aromatic N) is 4. The van der Waals surface area contributed by atoms with Gasteiger partial charge in [0.25, 0.3) is 0 Å². The van der Waals surface area contributed by atoms with Crippen LogP contribution in [0.4, 0.5) is 5.13 Å². The summed E-state index contributed by atoms with van der Waals surface area (Å²) in [6, 6.07) is 10.6. The largest absolute Gasteiger partial charge is 0.374 e. The fourth-order valence-corrected chi connectivity index (χ4v) is 3.80. The van der Waals surface area contributed by atoms with E-state index in [-0.39, 0.29) is 6.10 Å². The van der Waals surface area contributed by atoms with Crippen LogP contribution in [0.25, 0.3) is 4.96 Å². The topological polar surface area (TPSA) is 54.7 Å². The van der Waals surface area contributed by atoms with Crippen molar-refractivity contribution >= 4 is 21.4 Å². The Bertz CT molecular complexity index is 768. The van der Waals surface area contributed by atoms with Crippen molar-refractivity contribution in [3.8, 4) is 0 Å². The van der Waals surface area contributed by atoms with Crippen LogP contribution in [0.3, 0.4) is 0 Å². The van der Waals surface area contributed by atoms with Crippen LogP contribution in [-0.4, -0.2) is 51.8 Å². The Morgan fingerprint density at radius 3 is 3.04 bits per heavy atom. The van der Waals surface area contributed by atoms with E-state index in [0.29, 0.717) is 0 Å². The standard InChI is InChI=1S/C17H21N5OS/c1-13-10-22-17(19-13)24-16(20-22)18-9-15-12-21(7-8-23-15)11-14-5-3-2-4-6-14/h2-6,10,15H,7-9,11-12H2,1H3,(H,18,20). The summed E-state index contributed by atoms with van der Waals surface area (Å²) in [5, 5.41) is 8.78. The van der Waals surface area contributed by atoms with Crippen LogP contribution in [0.1, 0.15) is 11.3 Å². The highest BCUT2D eigenvalue weighted by Gasteiger charge is 2.20. The van der Waals surface area contributed by atoms with E-state index in [4.69, 9.17) is 4.74 Å². The van der Waals surface area contributed by atoms with E-state index in [1.54, 1.807) is 11.3 Å². The Morgan fingerprint density at radius 2 is 2.21 bits per heavy atom. The van der Waals surface area contributed by atoms with Gasteiger partial charge >= 0.3 is 0 Å². The number of ether oxygens (including phenoxy) is 1. The molecule has 0 amide bonds. The van der Waals surface area contributed by atoms with Crippen LogP contribution in [0, 0.1) is 6.92 Å². The minimum atomic E-state index is 0.181. The molecular weight excluding hydrogens is 322 g/mol. The van der Waals surface area contributed by atoms with Gasteiger partial charge in [0, 0.05) is 26.2 Å². The lowest BCUT2D eigenvalue weighted by atomic mass is 10.2. The fourth-order valence-electron chi connectivity index (χ4n) is 2.97. The molecule has 0 aliphatic carbocycles. The van der Waals surface area contributed by atoms with Gasteiger partial charge in [-0.2, -0.15) is 0 Å². The molecule has 1 atom stereocenters. The lowest BCUT2D eigenvalue weighted by molar-refractivity contribution is -0.0240. The third-order valence-corrected chi connectivity index (χ3v) is 5.00. The summed E-state index contributed by atoms with van der Waals surface area (Å²) in [7, 11) is 0. The van der Waals surface area contributed by atoms with Crippen molar-refractivity contribution < 1.29 is 4.74 Å². The number of nitrogens with one attached hydrogen (secondary N) is 1. The van der Waals surface area contributed by atoms with Crippen LogP contribution in [-0.2, 0) is 11.3 Å². The van der Waals surface area contributed by atoms with Crippen molar-refractivity contribution in [1.29, 1.82) is 0 Å². The first-order valence-electron chi connectivity index (χ1n) is 8.21. The van der Waals surface area contributed by atoms with Gasteiger partial charge in [0.1, 0.15) is 0 Å². The van der Waals surface area contributed by atoms with Gasteiger partial charge in [-0.3, -0.25) is 4.90 Å². The predicted octanol–water partition coefficient (Wildman–Crippen LogP) is 2.41. The Kier molecular flexibility index (Phi) is 4.46. The molecule has 7 heteroatoms. The number of benzene rings is 1. The predicted molar refractivity (Wildman–Crippen MR) is 95.5 cm³/mol. The summed E-state index contributed by atoms with van der Waals surface area (Å²) in [6.07, 6.45) is 2.12. The fraction of sp³-hybridized carbons (Fsp3) is 0.412.